The van der Waals surface area contributed by atoms with Crippen molar-refractivity contribution >= 4 is 23.6 Å². The zero-order valence-corrected chi connectivity index (χ0v) is 9.69. The number of hydrogen-bond acceptors (Lipinski definition) is 5. The number of esters is 1. The van der Waals surface area contributed by atoms with Gasteiger partial charge in [0.15, 0.2) is 10.8 Å². The molecule has 0 saturated carbocycles. The number of rotatable bonds is 4. The zero-order valence-electron chi connectivity index (χ0n) is 8.94. The summed E-state index contributed by atoms with van der Waals surface area (Å²) in [5, 5.41) is 7.44. The molecule has 0 fully saturated rings. The second-order valence-corrected chi connectivity index (χ2v) is 3.11. The number of carbonyl (C=O) groups is 1. The first kappa shape index (κ1) is 12.4. The van der Waals surface area contributed by atoms with Crippen LogP contribution in [0.15, 0.2) is 12.3 Å². The molecule has 86 valence electrons. The van der Waals surface area contributed by atoms with Crippen LogP contribution in [0.25, 0.3) is 6.08 Å². The van der Waals surface area contributed by atoms with Crippen molar-refractivity contribution in [1.29, 1.82) is 0 Å². The Balaban J connectivity index is 3.03. The minimum atomic E-state index is -0.569. The second-order valence-electron chi connectivity index (χ2n) is 2.72. The lowest BCUT2D eigenvalue weighted by Crippen LogP contribution is -2.08. The average Bonchev–Trinajstić information content (AvgIpc) is 2.29. The Kier molecular flexibility index (Phi) is 4.72. The lowest BCUT2D eigenvalue weighted by molar-refractivity contribution is 0.0592. The average molecular weight is 243 g/mol. The van der Waals surface area contributed by atoms with E-state index in [1.807, 2.05) is 6.92 Å². The number of hydrogen-bond donors (Lipinski definition) is 0. The Morgan fingerprint density at radius 3 is 2.94 bits per heavy atom. The van der Waals surface area contributed by atoms with Gasteiger partial charge in [0.25, 0.3) is 0 Å². The van der Waals surface area contributed by atoms with E-state index in [1.165, 1.54) is 19.4 Å². The van der Waals surface area contributed by atoms with Crippen molar-refractivity contribution in [2.24, 2.45) is 0 Å². The smallest absolute Gasteiger partial charge is 0.359 e. The van der Waals surface area contributed by atoms with Crippen molar-refractivity contribution in [1.82, 2.24) is 10.2 Å². The molecule has 0 spiro atoms. The van der Waals surface area contributed by atoms with Crippen LogP contribution in [0, 0.1) is 0 Å². The maximum absolute atomic E-state index is 11.3. The summed E-state index contributed by atoms with van der Waals surface area (Å²) in [6.45, 7) is 2.39. The monoisotopic (exact) mass is 242 g/mol. The first-order chi connectivity index (χ1) is 7.69. The Bertz CT molecular complexity index is 407. The SMILES string of the molecule is CCO/C=C/c1cc(Cl)nnc1C(=O)OC. The molecular formula is C10H11ClN2O3. The van der Waals surface area contributed by atoms with E-state index in [2.05, 4.69) is 14.9 Å². The van der Waals surface area contributed by atoms with Crippen molar-refractivity contribution in [2.75, 3.05) is 13.7 Å². The Morgan fingerprint density at radius 2 is 2.31 bits per heavy atom. The van der Waals surface area contributed by atoms with Gasteiger partial charge in [0.1, 0.15) is 0 Å². The number of nitrogens with zero attached hydrogens (tertiary/aromatic N) is 2. The largest absolute Gasteiger partial charge is 0.501 e. The highest BCUT2D eigenvalue weighted by molar-refractivity contribution is 6.29. The van der Waals surface area contributed by atoms with Gasteiger partial charge in [-0.3, -0.25) is 0 Å². The van der Waals surface area contributed by atoms with Gasteiger partial charge < -0.3 is 9.47 Å². The number of aromatic nitrogens is 2. The fraction of sp³-hybridized carbons (Fsp3) is 0.300. The summed E-state index contributed by atoms with van der Waals surface area (Å²) in [5.74, 6) is -0.569. The molecular weight excluding hydrogens is 232 g/mol. The topological polar surface area (TPSA) is 61.3 Å². The molecule has 0 bridgehead atoms. The molecule has 0 amide bonds. The van der Waals surface area contributed by atoms with E-state index in [0.717, 1.165) is 0 Å². The van der Waals surface area contributed by atoms with Crippen LogP contribution >= 0.6 is 11.6 Å². The number of carbonyl (C=O) groups excluding carboxylic acids is 1. The third-order valence-electron chi connectivity index (χ3n) is 1.68. The van der Waals surface area contributed by atoms with E-state index < -0.39 is 5.97 Å². The molecule has 0 aliphatic carbocycles. The van der Waals surface area contributed by atoms with Gasteiger partial charge in [-0.05, 0) is 19.1 Å². The van der Waals surface area contributed by atoms with Crippen molar-refractivity contribution in [3.8, 4) is 0 Å². The molecule has 0 unspecified atom stereocenters. The van der Waals surface area contributed by atoms with Gasteiger partial charge in [-0.1, -0.05) is 11.6 Å². The molecule has 1 aromatic heterocycles. The first-order valence-corrected chi connectivity index (χ1v) is 4.96. The maximum Gasteiger partial charge on any atom is 0.359 e. The normalized spacial score (nSPS) is 10.4. The summed E-state index contributed by atoms with van der Waals surface area (Å²) in [7, 11) is 1.27. The van der Waals surface area contributed by atoms with E-state index in [-0.39, 0.29) is 10.8 Å². The van der Waals surface area contributed by atoms with Crippen LogP contribution in [0.2, 0.25) is 5.15 Å². The molecule has 0 radical (unpaired) electrons. The van der Waals surface area contributed by atoms with E-state index in [1.54, 1.807) is 6.08 Å². The first-order valence-electron chi connectivity index (χ1n) is 4.58. The molecule has 16 heavy (non-hydrogen) atoms. The lowest BCUT2D eigenvalue weighted by atomic mass is 10.2. The molecule has 0 atom stereocenters. The van der Waals surface area contributed by atoms with E-state index in [0.29, 0.717) is 12.2 Å². The summed E-state index contributed by atoms with van der Waals surface area (Å²) >= 11 is 5.68. The minimum Gasteiger partial charge on any atom is -0.501 e. The van der Waals surface area contributed by atoms with Crippen LogP contribution in [-0.4, -0.2) is 29.9 Å². The molecule has 0 N–H and O–H groups in total. The summed E-state index contributed by atoms with van der Waals surface area (Å²) in [6.07, 6.45) is 3.04. The standard InChI is InChI=1S/C10H11ClN2O3/c1-3-16-5-4-7-6-8(11)12-13-9(7)10(14)15-2/h4-6H,3H2,1-2H3/b5-4+. The number of ether oxygens (including phenoxy) is 2. The van der Waals surface area contributed by atoms with E-state index >= 15 is 0 Å². The highest BCUT2D eigenvalue weighted by Gasteiger charge is 2.13. The maximum atomic E-state index is 11.3. The van der Waals surface area contributed by atoms with Crippen LogP contribution < -0.4 is 0 Å². The quantitative estimate of drug-likeness (QED) is 0.596. The molecule has 5 nitrogen and oxygen atoms in total. The number of halogens is 1. The van der Waals surface area contributed by atoms with E-state index in [9.17, 15) is 4.79 Å². The predicted molar refractivity (Wildman–Crippen MR) is 59.0 cm³/mol. The molecule has 1 rings (SSSR count). The van der Waals surface area contributed by atoms with Gasteiger partial charge in [0, 0.05) is 5.56 Å². The van der Waals surface area contributed by atoms with Crippen molar-refractivity contribution in [2.45, 2.75) is 6.92 Å². The van der Waals surface area contributed by atoms with Gasteiger partial charge in [-0.2, -0.15) is 0 Å². The van der Waals surface area contributed by atoms with E-state index in [4.69, 9.17) is 16.3 Å². The van der Waals surface area contributed by atoms with Crippen LogP contribution in [0.1, 0.15) is 23.0 Å². The lowest BCUT2D eigenvalue weighted by Gasteiger charge is -2.02. The van der Waals surface area contributed by atoms with Gasteiger partial charge in [0.2, 0.25) is 0 Å². The molecule has 0 aliphatic rings. The molecule has 6 heteroatoms. The molecule has 1 aromatic rings. The van der Waals surface area contributed by atoms with Crippen LogP contribution in [-0.2, 0) is 9.47 Å². The fourth-order valence-electron chi connectivity index (χ4n) is 0.981. The van der Waals surface area contributed by atoms with Crippen molar-refractivity contribution < 1.29 is 14.3 Å². The Hall–Kier alpha value is -1.62. The van der Waals surface area contributed by atoms with Crippen molar-refractivity contribution in [3.05, 3.63) is 28.7 Å². The summed E-state index contributed by atoms with van der Waals surface area (Å²) in [5.41, 5.74) is 0.600. The van der Waals surface area contributed by atoms with Gasteiger partial charge in [-0.25, -0.2) is 4.79 Å². The third kappa shape index (κ3) is 3.20. The highest BCUT2D eigenvalue weighted by Crippen LogP contribution is 2.13. The highest BCUT2D eigenvalue weighted by atomic mass is 35.5. The second kappa shape index (κ2) is 6.07. The molecule has 0 saturated heterocycles. The summed E-state index contributed by atoms with van der Waals surface area (Å²) in [6, 6.07) is 1.51. The van der Waals surface area contributed by atoms with Crippen LogP contribution in [0.3, 0.4) is 0 Å². The number of methoxy groups -OCH3 is 1. The van der Waals surface area contributed by atoms with Crippen molar-refractivity contribution in [3.63, 3.8) is 0 Å². The molecule has 0 aromatic carbocycles. The van der Waals surface area contributed by atoms with Crippen LogP contribution in [0.5, 0.6) is 0 Å². The Labute approximate surface area is 98.0 Å². The summed E-state index contributed by atoms with van der Waals surface area (Å²) in [4.78, 5) is 11.3. The van der Waals surface area contributed by atoms with Crippen LogP contribution in [0.4, 0.5) is 0 Å². The van der Waals surface area contributed by atoms with Gasteiger partial charge in [0.05, 0.1) is 20.0 Å². The molecule has 1 heterocycles. The van der Waals surface area contributed by atoms with Gasteiger partial charge >= 0.3 is 5.97 Å². The predicted octanol–water partition coefficient (Wildman–Crippen LogP) is 1.92. The van der Waals surface area contributed by atoms with Gasteiger partial charge in [-0.15, -0.1) is 10.2 Å². The summed E-state index contributed by atoms with van der Waals surface area (Å²) < 4.78 is 9.59. The minimum absolute atomic E-state index is 0.0999. The fourth-order valence-corrected chi connectivity index (χ4v) is 1.14. The zero-order chi connectivity index (χ0) is 12.0. The third-order valence-corrected chi connectivity index (χ3v) is 1.87. The Morgan fingerprint density at radius 1 is 1.56 bits per heavy atom. The molecule has 0 aliphatic heterocycles.